The fraction of sp³-hybridized carbons (Fsp3) is 0.0833. The van der Waals surface area contributed by atoms with Crippen molar-refractivity contribution in [1.29, 1.82) is 5.26 Å². The molecule has 1 aromatic carbocycles. The van der Waals surface area contributed by atoms with Crippen molar-refractivity contribution in [2.24, 2.45) is 0 Å². The van der Waals surface area contributed by atoms with Crippen LogP contribution in [0.2, 0.25) is 0 Å². The molecule has 0 atom stereocenters. The number of thiocyanates is 1. The van der Waals surface area contributed by atoms with Gasteiger partial charge in [-0.25, -0.2) is 8.42 Å². The van der Waals surface area contributed by atoms with Crippen molar-refractivity contribution in [2.45, 2.75) is 16.0 Å². The summed E-state index contributed by atoms with van der Waals surface area (Å²) < 4.78 is 28.0. The molecule has 0 radical (unpaired) electrons. The quantitative estimate of drug-likeness (QED) is 0.629. The summed E-state index contributed by atoms with van der Waals surface area (Å²) in [6.45, 7) is 1.80. The number of nitrogens with one attached hydrogen (secondary N) is 1. The van der Waals surface area contributed by atoms with Gasteiger partial charge in [-0.3, -0.25) is 4.72 Å². The molecule has 1 aromatic heterocycles. The van der Waals surface area contributed by atoms with Crippen LogP contribution in [-0.4, -0.2) is 8.42 Å². The van der Waals surface area contributed by atoms with Gasteiger partial charge in [0.25, 0.3) is 10.0 Å². The second-order valence-corrected chi connectivity index (χ2v) is 9.06. The largest absolute Gasteiger partial charge is 0.279 e. The number of aryl methyl sites for hydroxylation is 1. The molecule has 1 N–H and O–H groups in total. The molecule has 0 spiro atoms. The van der Waals surface area contributed by atoms with Crippen LogP contribution in [0.3, 0.4) is 0 Å². The number of sulfonamides is 1. The molecule has 104 valence electrons. The zero-order chi connectivity index (χ0) is 14.8. The van der Waals surface area contributed by atoms with E-state index >= 15 is 0 Å². The first kappa shape index (κ1) is 15.4. The summed E-state index contributed by atoms with van der Waals surface area (Å²) in [4.78, 5) is 0.784. The molecule has 0 unspecified atom stereocenters. The number of rotatable bonds is 4. The smallest absolute Gasteiger partial charge is 0.271 e. The molecule has 0 bridgehead atoms. The molecule has 8 heteroatoms. The number of thioether (sulfide) groups is 1. The van der Waals surface area contributed by atoms with Crippen LogP contribution >= 0.6 is 39.0 Å². The number of nitrogens with zero attached hydrogens (tertiary/aromatic N) is 1. The normalized spacial score (nSPS) is 11.1. The maximum atomic E-state index is 12.2. The molecule has 4 nitrogen and oxygen atoms in total. The Hall–Kier alpha value is -1.01. The van der Waals surface area contributed by atoms with Gasteiger partial charge in [0.1, 0.15) is 9.61 Å². The van der Waals surface area contributed by atoms with Crippen LogP contribution in [0.4, 0.5) is 5.69 Å². The van der Waals surface area contributed by atoms with Crippen molar-refractivity contribution >= 4 is 54.7 Å². The van der Waals surface area contributed by atoms with E-state index in [1.807, 2.05) is 5.40 Å². The summed E-state index contributed by atoms with van der Waals surface area (Å²) in [5.74, 6) is 0. The lowest BCUT2D eigenvalue weighted by atomic mass is 10.2. The van der Waals surface area contributed by atoms with Crippen LogP contribution in [-0.2, 0) is 10.0 Å². The predicted molar refractivity (Wildman–Crippen MR) is 85.5 cm³/mol. The average molecular weight is 389 g/mol. The lowest BCUT2D eigenvalue weighted by Crippen LogP contribution is -2.12. The summed E-state index contributed by atoms with van der Waals surface area (Å²) in [5.41, 5.74) is 1.28. The van der Waals surface area contributed by atoms with Gasteiger partial charge in [0.05, 0.1) is 9.47 Å². The van der Waals surface area contributed by atoms with Crippen molar-refractivity contribution in [1.82, 2.24) is 0 Å². The number of anilines is 1. The third kappa shape index (κ3) is 3.55. The monoisotopic (exact) mass is 388 g/mol. The minimum atomic E-state index is -3.57. The first-order valence-electron chi connectivity index (χ1n) is 5.37. The molecular formula is C12H9BrN2O2S3. The van der Waals surface area contributed by atoms with Crippen molar-refractivity contribution in [3.8, 4) is 5.40 Å². The fourth-order valence-corrected chi connectivity index (χ4v) is 5.12. The van der Waals surface area contributed by atoms with Gasteiger partial charge in [0.15, 0.2) is 0 Å². The Morgan fingerprint density at radius 3 is 2.65 bits per heavy atom. The van der Waals surface area contributed by atoms with Crippen LogP contribution in [0.1, 0.15) is 5.56 Å². The minimum absolute atomic E-state index is 0.249. The molecule has 20 heavy (non-hydrogen) atoms. The number of hydrogen-bond donors (Lipinski definition) is 1. The van der Waals surface area contributed by atoms with E-state index in [0.29, 0.717) is 5.69 Å². The Morgan fingerprint density at radius 2 is 2.10 bits per heavy atom. The lowest BCUT2D eigenvalue weighted by Gasteiger charge is -2.09. The standard InChI is InChI=1S/C12H9BrN2O2S3/c1-8-6-9(18-7-14)2-3-10(8)15-20(16,17)12-5-4-11(13)19-12/h2-6,15H,1H3. The fourth-order valence-electron chi connectivity index (χ4n) is 1.50. The van der Waals surface area contributed by atoms with Gasteiger partial charge >= 0.3 is 0 Å². The molecule has 0 saturated heterocycles. The zero-order valence-electron chi connectivity index (χ0n) is 10.3. The number of nitriles is 1. The maximum absolute atomic E-state index is 12.2. The van der Waals surface area contributed by atoms with E-state index in [1.165, 1.54) is 0 Å². The highest BCUT2D eigenvalue weighted by molar-refractivity contribution is 9.11. The molecule has 2 rings (SSSR count). The third-order valence-electron chi connectivity index (χ3n) is 2.42. The van der Waals surface area contributed by atoms with E-state index in [0.717, 1.165) is 37.3 Å². The first-order chi connectivity index (χ1) is 9.42. The second-order valence-electron chi connectivity index (χ2n) is 3.83. The van der Waals surface area contributed by atoms with Crippen molar-refractivity contribution in [2.75, 3.05) is 4.72 Å². The Kier molecular flexibility index (Phi) is 4.75. The van der Waals surface area contributed by atoms with Gasteiger partial charge in [-0.05, 0) is 70.5 Å². The van der Waals surface area contributed by atoms with Crippen LogP contribution in [0.15, 0.2) is 43.2 Å². The number of hydrogen-bond acceptors (Lipinski definition) is 5. The maximum Gasteiger partial charge on any atom is 0.271 e. The molecule has 0 fully saturated rings. The van der Waals surface area contributed by atoms with E-state index in [4.69, 9.17) is 5.26 Å². The molecule has 0 aliphatic rings. The molecule has 1 heterocycles. The summed E-state index contributed by atoms with van der Waals surface area (Å²) >= 11 is 5.43. The van der Waals surface area contributed by atoms with Crippen LogP contribution in [0.25, 0.3) is 0 Å². The van der Waals surface area contributed by atoms with Crippen molar-refractivity contribution in [3.63, 3.8) is 0 Å². The van der Waals surface area contributed by atoms with Crippen LogP contribution in [0.5, 0.6) is 0 Å². The Morgan fingerprint density at radius 1 is 1.35 bits per heavy atom. The molecule has 0 amide bonds. The molecule has 0 aliphatic heterocycles. The minimum Gasteiger partial charge on any atom is -0.279 e. The molecular weight excluding hydrogens is 380 g/mol. The van der Waals surface area contributed by atoms with Crippen LogP contribution in [0, 0.1) is 17.6 Å². The van der Waals surface area contributed by atoms with Gasteiger partial charge < -0.3 is 0 Å². The SMILES string of the molecule is Cc1cc(SC#N)ccc1NS(=O)(=O)c1ccc(Br)s1. The van der Waals surface area contributed by atoms with Crippen molar-refractivity contribution < 1.29 is 8.42 Å². The van der Waals surface area contributed by atoms with Gasteiger partial charge in [-0.15, -0.1) is 11.3 Å². The highest BCUT2D eigenvalue weighted by Gasteiger charge is 2.17. The average Bonchev–Trinajstić information content (AvgIpc) is 2.81. The summed E-state index contributed by atoms with van der Waals surface area (Å²) in [5, 5.41) is 10.6. The Labute approximate surface area is 134 Å². The number of benzene rings is 1. The summed E-state index contributed by atoms with van der Waals surface area (Å²) in [6, 6.07) is 8.39. The zero-order valence-corrected chi connectivity index (χ0v) is 14.3. The molecule has 2 aromatic rings. The molecule has 0 saturated carbocycles. The predicted octanol–water partition coefficient (Wildman–Crippen LogP) is 4.19. The van der Waals surface area contributed by atoms with Gasteiger partial charge in [-0.1, -0.05) is 0 Å². The van der Waals surface area contributed by atoms with E-state index in [1.54, 1.807) is 37.3 Å². The van der Waals surface area contributed by atoms with Gasteiger partial charge in [-0.2, -0.15) is 5.26 Å². The van der Waals surface area contributed by atoms with Crippen LogP contribution < -0.4 is 4.72 Å². The second kappa shape index (κ2) is 6.18. The van der Waals surface area contributed by atoms with Gasteiger partial charge in [0.2, 0.25) is 0 Å². The van der Waals surface area contributed by atoms with E-state index in [2.05, 4.69) is 20.7 Å². The summed E-state index contributed by atoms with van der Waals surface area (Å²) in [6.07, 6.45) is 0. The number of halogens is 1. The Bertz CT molecular complexity index is 778. The topological polar surface area (TPSA) is 70.0 Å². The van der Waals surface area contributed by atoms with E-state index in [9.17, 15) is 8.42 Å². The van der Waals surface area contributed by atoms with Gasteiger partial charge in [0, 0.05) is 4.90 Å². The number of thiophene rings is 1. The first-order valence-corrected chi connectivity index (χ1v) is 9.28. The third-order valence-corrected chi connectivity index (χ3v) is 6.48. The lowest BCUT2D eigenvalue weighted by molar-refractivity contribution is 0.603. The highest BCUT2D eigenvalue weighted by Crippen LogP contribution is 2.29. The van der Waals surface area contributed by atoms with E-state index in [-0.39, 0.29) is 4.21 Å². The van der Waals surface area contributed by atoms with E-state index < -0.39 is 10.0 Å². The summed E-state index contributed by atoms with van der Waals surface area (Å²) in [7, 11) is -3.57. The highest BCUT2D eigenvalue weighted by atomic mass is 79.9. The molecule has 0 aliphatic carbocycles. The van der Waals surface area contributed by atoms with Crippen molar-refractivity contribution in [3.05, 3.63) is 39.7 Å². The Balaban J connectivity index is 2.28.